The molecule has 1 atom stereocenters. The van der Waals surface area contributed by atoms with Gasteiger partial charge in [0.1, 0.15) is 6.04 Å². The number of benzene rings is 2. The van der Waals surface area contributed by atoms with E-state index in [4.69, 9.17) is 0 Å². The molecule has 2 aromatic carbocycles. The molecule has 2 aromatic rings. The van der Waals surface area contributed by atoms with E-state index in [1.807, 2.05) is 37.3 Å². The monoisotopic (exact) mass is 483 g/mol. The SMILES string of the molecule is CCCS(=O)(=O)NC1CCN(C(=O)C(Cc2ccccc2)N2C(=O)c3ccccc3C2=O)CC1. The Morgan fingerprint density at radius 2 is 1.53 bits per heavy atom. The van der Waals surface area contributed by atoms with Crippen LogP contribution in [0.1, 0.15) is 52.5 Å². The molecular weight excluding hydrogens is 454 g/mol. The number of hydrogen-bond acceptors (Lipinski definition) is 5. The number of hydrogen-bond donors (Lipinski definition) is 1. The van der Waals surface area contributed by atoms with E-state index in [0.29, 0.717) is 43.5 Å². The van der Waals surface area contributed by atoms with Crippen molar-refractivity contribution in [1.29, 1.82) is 0 Å². The average molecular weight is 484 g/mol. The number of imide groups is 1. The summed E-state index contributed by atoms with van der Waals surface area (Å²) in [5.41, 5.74) is 1.46. The van der Waals surface area contributed by atoms with Gasteiger partial charge in [0.2, 0.25) is 15.9 Å². The lowest BCUT2D eigenvalue weighted by Crippen LogP contribution is -2.55. The predicted molar refractivity (Wildman–Crippen MR) is 128 cm³/mol. The Kier molecular flexibility index (Phi) is 7.13. The van der Waals surface area contributed by atoms with Crippen LogP contribution in [0.25, 0.3) is 0 Å². The van der Waals surface area contributed by atoms with Gasteiger partial charge in [0.05, 0.1) is 16.9 Å². The maximum atomic E-state index is 13.7. The third kappa shape index (κ3) is 5.05. The van der Waals surface area contributed by atoms with Gasteiger partial charge in [0, 0.05) is 25.6 Å². The van der Waals surface area contributed by atoms with Crippen LogP contribution in [0.4, 0.5) is 0 Å². The van der Waals surface area contributed by atoms with Crippen molar-refractivity contribution >= 4 is 27.7 Å². The van der Waals surface area contributed by atoms with Crippen LogP contribution in [0.2, 0.25) is 0 Å². The lowest BCUT2D eigenvalue weighted by molar-refractivity contribution is -0.136. The van der Waals surface area contributed by atoms with E-state index in [1.165, 1.54) is 0 Å². The van der Waals surface area contributed by atoms with Gasteiger partial charge in [-0.05, 0) is 37.0 Å². The minimum atomic E-state index is -3.34. The first-order chi connectivity index (χ1) is 16.3. The van der Waals surface area contributed by atoms with Crippen molar-refractivity contribution in [3.05, 3.63) is 71.3 Å². The molecule has 8 nitrogen and oxygen atoms in total. The molecule has 0 spiro atoms. The van der Waals surface area contributed by atoms with E-state index in [1.54, 1.807) is 29.2 Å². The maximum absolute atomic E-state index is 13.7. The number of nitrogens with one attached hydrogen (secondary N) is 1. The molecule has 2 aliphatic rings. The molecule has 0 bridgehead atoms. The minimum Gasteiger partial charge on any atom is -0.341 e. The van der Waals surface area contributed by atoms with E-state index in [2.05, 4.69) is 4.72 Å². The summed E-state index contributed by atoms with van der Waals surface area (Å²) in [6.45, 7) is 2.52. The zero-order chi connectivity index (χ0) is 24.3. The van der Waals surface area contributed by atoms with Crippen LogP contribution in [0.5, 0.6) is 0 Å². The van der Waals surface area contributed by atoms with Crippen LogP contribution >= 0.6 is 0 Å². The molecule has 2 heterocycles. The van der Waals surface area contributed by atoms with Gasteiger partial charge in [-0.3, -0.25) is 19.3 Å². The molecule has 4 rings (SSSR count). The topological polar surface area (TPSA) is 104 Å². The Hall–Kier alpha value is -3.04. The molecular formula is C25H29N3O5S. The van der Waals surface area contributed by atoms with Crippen molar-refractivity contribution in [3.8, 4) is 0 Å². The van der Waals surface area contributed by atoms with Gasteiger partial charge in [0.25, 0.3) is 11.8 Å². The maximum Gasteiger partial charge on any atom is 0.262 e. The van der Waals surface area contributed by atoms with Crippen molar-refractivity contribution in [2.24, 2.45) is 0 Å². The number of likely N-dealkylation sites (tertiary alicyclic amines) is 1. The highest BCUT2D eigenvalue weighted by Gasteiger charge is 2.44. The second kappa shape index (κ2) is 10.1. The summed E-state index contributed by atoms with van der Waals surface area (Å²) in [7, 11) is -3.34. The first kappa shape index (κ1) is 24.1. The summed E-state index contributed by atoms with van der Waals surface area (Å²) >= 11 is 0. The fraction of sp³-hybridized carbons (Fsp3) is 0.400. The Morgan fingerprint density at radius 1 is 0.971 bits per heavy atom. The number of amides is 3. The summed E-state index contributed by atoms with van der Waals surface area (Å²) in [6.07, 6.45) is 1.71. The lowest BCUT2D eigenvalue weighted by atomic mass is 10.0. The minimum absolute atomic E-state index is 0.0744. The van der Waals surface area contributed by atoms with Crippen molar-refractivity contribution in [2.75, 3.05) is 18.8 Å². The number of carbonyl (C=O) groups is 3. The Balaban J connectivity index is 1.53. The van der Waals surface area contributed by atoms with Crippen molar-refractivity contribution in [3.63, 3.8) is 0 Å². The normalized spacial score (nSPS) is 17.7. The molecule has 180 valence electrons. The third-order valence-electron chi connectivity index (χ3n) is 6.32. The first-order valence-electron chi connectivity index (χ1n) is 11.6. The molecule has 0 aliphatic carbocycles. The standard InChI is InChI=1S/C25H29N3O5S/c1-2-16-34(32,33)26-19-12-14-27(15-13-19)25(31)22(17-18-8-4-3-5-9-18)28-23(29)20-10-6-7-11-21(20)24(28)30/h3-11,19,22,26H,2,12-17H2,1H3. The van der Waals surface area contributed by atoms with Crippen LogP contribution in [-0.4, -0.2) is 66.9 Å². The molecule has 2 aliphatic heterocycles. The highest BCUT2D eigenvalue weighted by Crippen LogP contribution is 2.27. The molecule has 1 fully saturated rings. The van der Waals surface area contributed by atoms with Gasteiger partial charge in [-0.1, -0.05) is 49.4 Å². The second-order valence-electron chi connectivity index (χ2n) is 8.77. The van der Waals surface area contributed by atoms with Crippen molar-refractivity contribution in [1.82, 2.24) is 14.5 Å². The summed E-state index contributed by atoms with van der Waals surface area (Å²) in [4.78, 5) is 42.7. The van der Waals surface area contributed by atoms with Gasteiger partial charge in [-0.15, -0.1) is 0 Å². The smallest absolute Gasteiger partial charge is 0.262 e. The van der Waals surface area contributed by atoms with E-state index in [9.17, 15) is 22.8 Å². The zero-order valence-corrected chi connectivity index (χ0v) is 20.0. The lowest BCUT2D eigenvalue weighted by Gasteiger charge is -2.36. The molecule has 1 saturated heterocycles. The van der Waals surface area contributed by atoms with Gasteiger partial charge >= 0.3 is 0 Å². The number of piperidine rings is 1. The second-order valence-corrected chi connectivity index (χ2v) is 10.6. The number of sulfonamides is 1. The summed E-state index contributed by atoms with van der Waals surface area (Å²) < 4.78 is 26.9. The first-order valence-corrected chi connectivity index (χ1v) is 13.3. The van der Waals surface area contributed by atoms with Crippen LogP contribution < -0.4 is 4.72 Å². The van der Waals surface area contributed by atoms with Gasteiger partial charge < -0.3 is 4.90 Å². The Labute approximate surface area is 200 Å². The van der Waals surface area contributed by atoms with Crippen LogP contribution in [0.3, 0.4) is 0 Å². The van der Waals surface area contributed by atoms with Gasteiger partial charge in [0.15, 0.2) is 0 Å². The van der Waals surface area contributed by atoms with Crippen LogP contribution in [0, 0.1) is 0 Å². The molecule has 0 saturated carbocycles. The number of nitrogens with zero attached hydrogens (tertiary/aromatic N) is 2. The van der Waals surface area contributed by atoms with Crippen LogP contribution in [0.15, 0.2) is 54.6 Å². The molecule has 34 heavy (non-hydrogen) atoms. The largest absolute Gasteiger partial charge is 0.341 e. The average Bonchev–Trinajstić information content (AvgIpc) is 3.08. The fourth-order valence-corrected chi connectivity index (χ4v) is 6.03. The van der Waals surface area contributed by atoms with Crippen LogP contribution in [-0.2, 0) is 21.2 Å². The van der Waals surface area contributed by atoms with Gasteiger partial charge in [-0.25, -0.2) is 13.1 Å². The number of carbonyl (C=O) groups excluding carboxylic acids is 3. The van der Waals surface area contributed by atoms with Crippen molar-refractivity contribution in [2.45, 2.75) is 44.7 Å². The Morgan fingerprint density at radius 3 is 2.09 bits per heavy atom. The van der Waals surface area contributed by atoms with Gasteiger partial charge in [-0.2, -0.15) is 0 Å². The molecule has 1 unspecified atom stereocenters. The predicted octanol–water partition coefficient (Wildman–Crippen LogP) is 2.21. The molecule has 3 amide bonds. The van der Waals surface area contributed by atoms with E-state index in [-0.39, 0.29) is 24.1 Å². The van der Waals surface area contributed by atoms with E-state index in [0.717, 1.165) is 10.5 Å². The third-order valence-corrected chi connectivity index (χ3v) is 7.96. The van der Waals surface area contributed by atoms with Crippen molar-refractivity contribution < 1.29 is 22.8 Å². The molecule has 9 heteroatoms. The molecule has 0 radical (unpaired) electrons. The highest BCUT2D eigenvalue weighted by atomic mass is 32.2. The quantitative estimate of drug-likeness (QED) is 0.580. The Bertz CT molecular complexity index is 1140. The summed E-state index contributed by atoms with van der Waals surface area (Å²) in [5, 5.41) is 0. The van der Waals surface area contributed by atoms with E-state index >= 15 is 0 Å². The summed E-state index contributed by atoms with van der Waals surface area (Å²) in [6, 6.07) is 14.7. The number of fused-ring (bicyclic) bond motifs is 1. The summed E-state index contributed by atoms with van der Waals surface area (Å²) in [5.74, 6) is -1.15. The number of rotatable bonds is 8. The highest BCUT2D eigenvalue weighted by molar-refractivity contribution is 7.89. The molecule has 0 aromatic heterocycles. The molecule has 1 N–H and O–H groups in total. The van der Waals surface area contributed by atoms with E-state index < -0.39 is 27.9 Å². The fourth-order valence-electron chi connectivity index (χ4n) is 4.63. The zero-order valence-electron chi connectivity index (χ0n) is 19.1.